The molecular weight excluding hydrogens is 199 g/mol. The number of halogens is 3. The van der Waals surface area contributed by atoms with E-state index in [0.717, 1.165) is 6.07 Å². The van der Waals surface area contributed by atoms with Crippen molar-refractivity contribution in [2.75, 3.05) is 0 Å². The van der Waals surface area contributed by atoms with Gasteiger partial charge >= 0.3 is 5.97 Å². The molecule has 0 unspecified atom stereocenters. The Morgan fingerprint density at radius 1 is 1.57 bits per heavy atom. The van der Waals surface area contributed by atoms with Crippen LogP contribution in [-0.2, 0) is 0 Å². The van der Waals surface area contributed by atoms with Gasteiger partial charge in [-0.15, -0.1) is 0 Å². The van der Waals surface area contributed by atoms with E-state index >= 15 is 0 Å². The molecule has 1 heterocycles. The van der Waals surface area contributed by atoms with E-state index in [1.807, 2.05) is 0 Å². The zero-order valence-corrected chi connectivity index (χ0v) is 7.09. The van der Waals surface area contributed by atoms with Gasteiger partial charge in [0, 0.05) is 0 Å². The van der Waals surface area contributed by atoms with E-state index in [-0.39, 0.29) is 5.56 Å². The van der Waals surface area contributed by atoms with Gasteiger partial charge in [-0.3, -0.25) is 0 Å². The highest BCUT2D eigenvalue weighted by Crippen LogP contribution is 2.23. The summed E-state index contributed by atoms with van der Waals surface area (Å²) in [6.45, 7) is 1.24. The van der Waals surface area contributed by atoms with Crippen molar-refractivity contribution in [1.82, 2.24) is 4.98 Å². The first-order valence-corrected chi connectivity index (χ1v) is 3.62. The number of carboxylic acids is 1. The first-order chi connectivity index (χ1) is 6.43. The number of pyridine rings is 1. The predicted molar refractivity (Wildman–Crippen MR) is 40.8 cm³/mol. The Kier molecular flexibility index (Phi) is 2.73. The van der Waals surface area contributed by atoms with E-state index in [2.05, 4.69) is 4.98 Å². The zero-order chi connectivity index (χ0) is 10.9. The number of carbonyl (C=O) groups is 1. The second-order valence-corrected chi connectivity index (χ2v) is 2.63. The summed E-state index contributed by atoms with van der Waals surface area (Å²) in [4.78, 5) is 13.4. The smallest absolute Gasteiger partial charge is 0.338 e. The van der Waals surface area contributed by atoms with E-state index in [1.165, 1.54) is 6.92 Å². The van der Waals surface area contributed by atoms with Crippen molar-refractivity contribution in [3.63, 3.8) is 0 Å². The summed E-state index contributed by atoms with van der Waals surface area (Å²) in [5, 5.41) is 8.59. The second-order valence-electron chi connectivity index (χ2n) is 2.63. The van der Waals surface area contributed by atoms with Crippen LogP contribution in [0.2, 0.25) is 0 Å². The van der Waals surface area contributed by atoms with Crippen LogP contribution in [0.25, 0.3) is 0 Å². The lowest BCUT2D eigenvalue weighted by Crippen LogP contribution is -2.09. The summed E-state index contributed by atoms with van der Waals surface area (Å²) in [7, 11) is 0. The molecule has 14 heavy (non-hydrogen) atoms. The summed E-state index contributed by atoms with van der Waals surface area (Å²) in [5.74, 6) is -2.65. The third-order valence-corrected chi connectivity index (χ3v) is 1.63. The standard InChI is InChI=1S/C8H6F3NO2/c1-3-2-4(9)12-6(7(10)11)5(3)8(13)14/h2,7H,1H3,(H,13,14). The van der Waals surface area contributed by atoms with E-state index in [1.54, 1.807) is 0 Å². The molecule has 1 rings (SSSR count). The van der Waals surface area contributed by atoms with E-state index in [4.69, 9.17) is 5.11 Å². The third-order valence-electron chi connectivity index (χ3n) is 1.63. The predicted octanol–water partition coefficient (Wildman–Crippen LogP) is 2.16. The van der Waals surface area contributed by atoms with Crippen LogP contribution in [0.5, 0.6) is 0 Å². The van der Waals surface area contributed by atoms with Crippen molar-refractivity contribution < 1.29 is 23.1 Å². The zero-order valence-electron chi connectivity index (χ0n) is 7.09. The Morgan fingerprint density at radius 2 is 2.14 bits per heavy atom. The van der Waals surface area contributed by atoms with Gasteiger partial charge in [0.25, 0.3) is 6.43 Å². The molecule has 6 heteroatoms. The fourth-order valence-corrected chi connectivity index (χ4v) is 1.09. The van der Waals surface area contributed by atoms with Crippen LogP contribution in [0.3, 0.4) is 0 Å². The lowest BCUT2D eigenvalue weighted by Gasteiger charge is -2.06. The Labute approximate surface area is 77.2 Å². The largest absolute Gasteiger partial charge is 0.478 e. The quantitative estimate of drug-likeness (QED) is 0.752. The van der Waals surface area contributed by atoms with Gasteiger partial charge in [-0.25, -0.2) is 18.6 Å². The Hall–Kier alpha value is -1.59. The molecule has 0 aliphatic rings. The number of hydrogen-bond donors (Lipinski definition) is 1. The molecule has 0 amide bonds. The maximum absolute atomic E-state index is 12.6. The number of aryl methyl sites for hydroxylation is 1. The van der Waals surface area contributed by atoms with Crippen LogP contribution in [0.1, 0.15) is 28.0 Å². The molecule has 0 bridgehead atoms. The summed E-state index contributed by atoms with van der Waals surface area (Å²) < 4.78 is 37.1. The maximum atomic E-state index is 12.6. The molecule has 1 aromatic heterocycles. The van der Waals surface area contributed by atoms with Gasteiger partial charge in [-0.05, 0) is 18.6 Å². The van der Waals surface area contributed by atoms with Crippen molar-refractivity contribution >= 4 is 5.97 Å². The molecule has 0 fully saturated rings. The van der Waals surface area contributed by atoms with E-state index < -0.39 is 29.6 Å². The van der Waals surface area contributed by atoms with Gasteiger partial charge in [0.1, 0.15) is 5.69 Å². The van der Waals surface area contributed by atoms with E-state index in [9.17, 15) is 18.0 Å². The maximum Gasteiger partial charge on any atom is 0.338 e. The van der Waals surface area contributed by atoms with Gasteiger partial charge in [0.15, 0.2) is 0 Å². The molecular formula is C8H6F3NO2. The minimum Gasteiger partial charge on any atom is -0.478 e. The molecule has 0 saturated carbocycles. The van der Waals surface area contributed by atoms with Crippen LogP contribution < -0.4 is 0 Å². The highest BCUT2D eigenvalue weighted by molar-refractivity contribution is 5.90. The summed E-state index contributed by atoms with van der Waals surface area (Å²) >= 11 is 0. The summed E-state index contributed by atoms with van der Waals surface area (Å²) in [6, 6.07) is 0.801. The lowest BCUT2D eigenvalue weighted by molar-refractivity contribution is 0.0680. The van der Waals surface area contributed by atoms with Crippen molar-refractivity contribution in [2.24, 2.45) is 0 Å². The van der Waals surface area contributed by atoms with E-state index in [0.29, 0.717) is 0 Å². The lowest BCUT2D eigenvalue weighted by atomic mass is 10.1. The van der Waals surface area contributed by atoms with Crippen LogP contribution >= 0.6 is 0 Å². The Bertz CT molecular complexity index is 379. The first-order valence-electron chi connectivity index (χ1n) is 3.62. The highest BCUT2D eigenvalue weighted by atomic mass is 19.3. The first kappa shape index (κ1) is 10.5. The number of aromatic nitrogens is 1. The Balaban J connectivity index is 3.44. The molecule has 0 aromatic carbocycles. The molecule has 0 aliphatic heterocycles. The minimum absolute atomic E-state index is 0.0692. The minimum atomic E-state index is -3.10. The summed E-state index contributed by atoms with van der Waals surface area (Å²) in [6.07, 6.45) is -3.10. The normalized spacial score (nSPS) is 10.6. The number of carboxylic acid groups (broad SMARTS) is 1. The fourth-order valence-electron chi connectivity index (χ4n) is 1.09. The monoisotopic (exact) mass is 205 g/mol. The van der Waals surface area contributed by atoms with Crippen LogP contribution in [0, 0.1) is 12.9 Å². The molecule has 0 saturated heterocycles. The van der Waals surface area contributed by atoms with Gasteiger partial charge in [0.05, 0.1) is 5.56 Å². The van der Waals surface area contributed by atoms with Gasteiger partial charge in [0.2, 0.25) is 5.95 Å². The highest BCUT2D eigenvalue weighted by Gasteiger charge is 2.22. The van der Waals surface area contributed by atoms with Crippen molar-refractivity contribution in [3.8, 4) is 0 Å². The third kappa shape index (κ3) is 1.84. The molecule has 1 N–H and O–H groups in total. The number of aromatic carboxylic acids is 1. The van der Waals surface area contributed by atoms with Crippen LogP contribution in [0.4, 0.5) is 13.2 Å². The molecule has 0 aliphatic carbocycles. The number of hydrogen-bond acceptors (Lipinski definition) is 2. The van der Waals surface area contributed by atoms with Gasteiger partial charge in [-0.2, -0.15) is 4.39 Å². The average Bonchev–Trinajstić information content (AvgIpc) is 2.01. The van der Waals surface area contributed by atoms with Crippen molar-refractivity contribution in [1.29, 1.82) is 0 Å². The molecule has 3 nitrogen and oxygen atoms in total. The van der Waals surface area contributed by atoms with Crippen molar-refractivity contribution in [2.45, 2.75) is 13.3 Å². The van der Waals surface area contributed by atoms with Crippen LogP contribution in [0.15, 0.2) is 6.07 Å². The fraction of sp³-hybridized carbons (Fsp3) is 0.250. The summed E-state index contributed by atoms with van der Waals surface area (Å²) in [5.41, 5.74) is -1.74. The number of nitrogens with zero attached hydrogens (tertiary/aromatic N) is 1. The molecule has 0 radical (unpaired) electrons. The van der Waals surface area contributed by atoms with Crippen LogP contribution in [-0.4, -0.2) is 16.1 Å². The molecule has 0 spiro atoms. The molecule has 76 valence electrons. The van der Waals surface area contributed by atoms with Gasteiger partial charge < -0.3 is 5.11 Å². The SMILES string of the molecule is Cc1cc(F)nc(C(F)F)c1C(=O)O. The molecule has 1 aromatic rings. The number of alkyl halides is 2. The number of rotatable bonds is 2. The topological polar surface area (TPSA) is 50.2 Å². The van der Waals surface area contributed by atoms with Crippen molar-refractivity contribution in [3.05, 3.63) is 28.8 Å². The Morgan fingerprint density at radius 3 is 2.57 bits per heavy atom. The second kappa shape index (κ2) is 3.65. The average molecular weight is 205 g/mol. The van der Waals surface area contributed by atoms with Gasteiger partial charge in [-0.1, -0.05) is 0 Å². The molecule has 0 atom stereocenters.